The Morgan fingerprint density at radius 1 is 0.427 bits per heavy atom. The molecular formula is C74H40N6O14S2. The SMILES string of the molecule is N#Cc1cc2c(cc1C#N)C(=O)C(=Cc1nc3c(s1)C1=CC4C=C5OC(C(=O)OCc6ccccc6)(C(=O)OCc6ccccc6)c6nc(C=C7C(=O)c8cc(C#N)c(C#N)cc8C7=O)sc6C5=CC4C=C1OC3(C(=O)OCc1ccccc1)C(=O)OCc1ccccc1)C2=O. The third kappa shape index (κ3) is 10.3. The quantitative estimate of drug-likeness (QED) is 0.0321. The van der Waals surface area contributed by atoms with Crippen LogP contribution >= 0.6 is 22.7 Å². The number of hydrogen-bond acceptors (Lipinski definition) is 22. The normalized spacial score (nSPS) is 16.8. The van der Waals surface area contributed by atoms with Crippen molar-refractivity contribution in [2.75, 3.05) is 0 Å². The van der Waals surface area contributed by atoms with E-state index in [0.29, 0.717) is 22.3 Å². The van der Waals surface area contributed by atoms with Crippen LogP contribution in [0, 0.1) is 57.2 Å². The molecule has 4 aliphatic carbocycles. The summed E-state index contributed by atoms with van der Waals surface area (Å²) in [5.74, 6) is -9.87. The maximum Gasteiger partial charge on any atom is 0.369 e. The molecule has 0 amide bonds. The Hall–Kier alpha value is -12.9. The molecule has 20 nitrogen and oxygen atoms in total. The molecule has 0 N–H and O–H groups in total. The van der Waals surface area contributed by atoms with Gasteiger partial charge in [0.25, 0.3) is 0 Å². The van der Waals surface area contributed by atoms with Crippen LogP contribution in [0.5, 0.6) is 0 Å². The van der Waals surface area contributed by atoms with Gasteiger partial charge in [0.15, 0.2) is 23.1 Å². The lowest BCUT2D eigenvalue weighted by molar-refractivity contribution is -0.191. The number of aromatic nitrogens is 2. The van der Waals surface area contributed by atoms with Crippen molar-refractivity contribution in [1.29, 1.82) is 21.0 Å². The van der Waals surface area contributed by atoms with Gasteiger partial charge in [0.2, 0.25) is 0 Å². The van der Waals surface area contributed by atoms with E-state index in [9.17, 15) is 40.2 Å². The van der Waals surface area contributed by atoms with Crippen LogP contribution in [0.25, 0.3) is 23.3 Å². The van der Waals surface area contributed by atoms with Gasteiger partial charge in [-0.1, -0.05) is 133 Å². The number of carbonyl (C=O) groups is 8. The Morgan fingerprint density at radius 3 is 0.958 bits per heavy atom. The predicted molar refractivity (Wildman–Crippen MR) is 339 cm³/mol. The number of esters is 4. The van der Waals surface area contributed by atoms with Crippen LogP contribution in [0.15, 0.2) is 193 Å². The minimum Gasteiger partial charge on any atom is -0.458 e. The number of carbonyl (C=O) groups excluding carboxylic acids is 8. The molecule has 462 valence electrons. The molecule has 2 aliphatic heterocycles. The number of allylic oxidation sites excluding steroid dienone is 8. The number of hydrogen-bond donors (Lipinski definition) is 0. The molecule has 6 aliphatic rings. The molecule has 0 saturated heterocycles. The van der Waals surface area contributed by atoms with Crippen molar-refractivity contribution >= 4 is 93.0 Å². The van der Waals surface area contributed by atoms with E-state index >= 15 is 19.2 Å². The molecule has 2 atom stereocenters. The molecule has 22 heteroatoms. The Kier molecular flexibility index (Phi) is 15.4. The lowest BCUT2D eigenvalue weighted by Gasteiger charge is -2.40. The number of nitriles is 4. The number of rotatable bonds is 14. The summed E-state index contributed by atoms with van der Waals surface area (Å²) in [5, 5.41) is 39.1. The molecule has 0 bridgehead atoms. The zero-order chi connectivity index (χ0) is 66.6. The van der Waals surface area contributed by atoms with Crippen molar-refractivity contribution in [3.05, 3.63) is 290 Å². The van der Waals surface area contributed by atoms with E-state index in [1.165, 1.54) is 36.4 Å². The fourth-order valence-electron chi connectivity index (χ4n) is 11.9. The fourth-order valence-corrected chi connectivity index (χ4v) is 14.0. The molecule has 0 fully saturated rings. The van der Waals surface area contributed by atoms with E-state index in [-0.39, 0.29) is 125 Å². The first-order valence-electron chi connectivity index (χ1n) is 29.4. The van der Waals surface area contributed by atoms with E-state index < -0.39 is 81.2 Å². The molecule has 2 aromatic heterocycles. The van der Waals surface area contributed by atoms with Gasteiger partial charge in [0, 0.05) is 45.2 Å². The van der Waals surface area contributed by atoms with Crippen LogP contribution in [0.4, 0.5) is 0 Å². The summed E-state index contributed by atoms with van der Waals surface area (Å²) in [6.45, 7) is -1.42. The van der Waals surface area contributed by atoms with Crippen LogP contribution in [-0.4, -0.2) is 57.0 Å². The van der Waals surface area contributed by atoms with Crippen LogP contribution in [0.1, 0.15) is 117 Å². The average molecular weight is 1300 g/mol. The number of nitrogens with zero attached hydrogens (tertiary/aromatic N) is 6. The topological polar surface area (TPSA) is 313 Å². The number of fused-ring (bicyclic) bond motifs is 9. The third-order valence-corrected chi connectivity index (χ3v) is 18.7. The van der Waals surface area contributed by atoms with E-state index in [1.54, 1.807) is 146 Å². The van der Waals surface area contributed by atoms with E-state index in [0.717, 1.165) is 22.7 Å². The first-order chi connectivity index (χ1) is 46.6. The molecular weight excluding hydrogens is 1260 g/mol. The van der Waals surface area contributed by atoms with Crippen molar-refractivity contribution in [3.63, 3.8) is 0 Å². The van der Waals surface area contributed by atoms with Gasteiger partial charge in [-0.3, -0.25) is 19.2 Å². The van der Waals surface area contributed by atoms with Gasteiger partial charge in [0.05, 0.1) is 43.2 Å². The predicted octanol–water partition coefficient (Wildman–Crippen LogP) is 10.9. The van der Waals surface area contributed by atoms with Crippen LogP contribution in [-0.2, 0) is 85.2 Å². The molecule has 2 unspecified atom stereocenters. The van der Waals surface area contributed by atoms with Gasteiger partial charge in [-0.05, 0) is 70.8 Å². The Balaban J connectivity index is 0.930. The van der Waals surface area contributed by atoms with Gasteiger partial charge in [-0.2, -0.15) is 21.0 Å². The highest BCUT2D eigenvalue weighted by atomic mass is 32.1. The zero-order valence-electron chi connectivity index (χ0n) is 49.5. The van der Waals surface area contributed by atoms with Crippen LogP contribution < -0.4 is 0 Å². The number of benzene rings is 6. The first kappa shape index (κ1) is 60.7. The summed E-state index contributed by atoms with van der Waals surface area (Å²) in [6, 6.07) is 46.6. The lowest BCUT2D eigenvalue weighted by Crippen LogP contribution is -2.51. The second-order valence-corrected chi connectivity index (χ2v) is 24.5. The summed E-state index contributed by atoms with van der Waals surface area (Å²) >= 11 is 1.75. The summed E-state index contributed by atoms with van der Waals surface area (Å²) in [7, 11) is 0. The molecule has 96 heavy (non-hydrogen) atoms. The van der Waals surface area contributed by atoms with Gasteiger partial charge in [-0.25, -0.2) is 29.1 Å². The van der Waals surface area contributed by atoms with Crippen LogP contribution in [0.2, 0.25) is 0 Å². The Morgan fingerprint density at radius 2 is 0.698 bits per heavy atom. The molecule has 0 radical (unpaired) electrons. The molecule has 4 heterocycles. The smallest absolute Gasteiger partial charge is 0.369 e. The fraction of sp³-hybridized carbons (Fsp3) is 0.108. The highest BCUT2D eigenvalue weighted by molar-refractivity contribution is 7.14. The number of Topliss-reactive ketones (excluding diaryl/α,β-unsaturated/α-hetero) is 4. The Labute approximate surface area is 552 Å². The van der Waals surface area contributed by atoms with E-state index in [4.69, 9.17) is 38.4 Å². The van der Waals surface area contributed by atoms with Gasteiger partial charge in [-0.15, -0.1) is 22.7 Å². The monoisotopic (exact) mass is 1300 g/mol. The van der Waals surface area contributed by atoms with Crippen molar-refractivity contribution in [3.8, 4) is 24.3 Å². The second kappa shape index (κ2) is 24.3. The third-order valence-electron chi connectivity index (χ3n) is 16.6. The second-order valence-electron chi connectivity index (χ2n) is 22.4. The highest BCUT2D eigenvalue weighted by Gasteiger charge is 2.63. The van der Waals surface area contributed by atoms with Gasteiger partial charge < -0.3 is 28.4 Å². The molecule has 0 saturated carbocycles. The number of ether oxygens (including phenoxy) is 6. The Bertz CT molecular complexity index is 4640. The highest BCUT2D eigenvalue weighted by Crippen LogP contribution is 2.55. The molecule has 14 rings (SSSR count). The number of ketones is 4. The van der Waals surface area contributed by atoms with E-state index in [2.05, 4.69) is 0 Å². The molecule has 6 aromatic carbocycles. The zero-order valence-corrected chi connectivity index (χ0v) is 51.2. The van der Waals surface area contributed by atoms with Crippen molar-refractivity contribution in [2.24, 2.45) is 11.8 Å². The largest absolute Gasteiger partial charge is 0.458 e. The standard InChI is InChI=1S/C74H40N6O14S2/c75-31-45-23-49-50(24-46(45)32-76)62(82)55(61(49)81)29-59-79-67-65(95-59)53-21-44-28-58-54(22-43(44)27-57(53)93-73(67,69(85)89-35-39-13-5-1-6-14-39)70(86)90-36-40-15-7-2-8-16-40)66-68(80-60(96-66)30-56-63(83)51-25-47(33-77)48(34-78)26-52(51)64(56)84)74(94-58,71(87)91-37-41-17-9-3-10-18-41)72(88)92-38-42-19-11-4-12-20-42/h1-30,43-44H,35-38H2. The summed E-state index contributed by atoms with van der Waals surface area (Å²) in [4.78, 5) is 128. The van der Waals surface area contributed by atoms with Crippen molar-refractivity contribution in [2.45, 2.75) is 37.6 Å². The average Bonchev–Trinajstić information content (AvgIpc) is 1.29. The minimum atomic E-state index is -2.86. The first-order valence-corrected chi connectivity index (χ1v) is 31.0. The van der Waals surface area contributed by atoms with Gasteiger partial charge >= 0.3 is 35.1 Å². The molecule has 8 aromatic rings. The maximum absolute atomic E-state index is 15.3. The summed E-state index contributed by atoms with van der Waals surface area (Å²) in [5.41, 5.74) is -5.59. The molecule has 0 spiro atoms. The van der Waals surface area contributed by atoms with E-state index in [1.807, 2.05) is 24.3 Å². The van der Waals surface area contributed by atoms with Crippen LogP contribution in [0.3, 0.4) is 0 Å². The number of thiazole rings is 2. The van der Waals surface area contributed by atoms with Crippen molar-refractivity contribution < 1.29 is 66.8 Å². The van der Waals surface area contributed by atoms with Gasteiger partial charge in [0.1, 0.15) is 83.6 Å². The van der Waals surface area contributed by atoms with Crippen molar-refractivity contribution in [1.82, 2.24) is 9.97 Å². The lowest BCUT2D eigenvalue weighted by atomic mass is 9.76. The minimum absolute atomic E-state index is 0.0611. The summed E-state index contributed by atoms with van der Waals surface area (Å²) in [6.07, 6.45) is 9.04. The maximum atomic E-state index is 15.3. The summed E-state index contributed by atoms with van der Waals surface area (Å²) < 4.78 is 37.6.